The van der Waals surface area contributed by atoms with E-state index < -0.39 is 11.6 Å². The second-order valence-corrected chi connectivity index (χ2v) is 8.20. The van der Waals surface area contributed by atoms with Gasteiger partial charge in [0.1, 0.15) is 6.04 Å². The molecule has 0 aliphatic heterocycles. The summed E-state index contributed by atoms with van der Waals surface area (Å²) in [6, 6.07) is 40.1. The second kappa shape index (κ2) is 11.4. The molecule has 0 unspecified atom stereocenters. The van der Waals surface area contributed by atoms with Crippen molar-refractivity contribution < 1.29 is 9.53 Å². The quantitative estimate of drug-likeness (QED) is 0.338. The molecule has 4 aromatic rings. The molecule has 1 atom stereocenters. The molecule has 0 saturated heterocycles. The highest BCUT2D eigenvalue weighted by molar-refractivity contribution is 5.82. The number of hydrogen-bond donors (Lipinski definition) is 2. The van der Waals surface area contributed by atoms with Crippen molar-refractivity contribution in [1.82, 2.24) is 10.6 Å². The Morgan fingerprint density at radius 3 is 1.53 bits per heavy atom. The molecule has 0 aliphatic carbocycles. The maximum atomic E-state index is 13.4. The number of nitrogens with one attached hydrogen (secondary N) is 2. The van der Waals surface area contributed by atoms with Gasteiger partial charge in [-0.15, -0.1) is 0 Å². The minimum Gasteiger partial charge on any atom is -0.383 e. The molecule has 0 heterocycles. The Balaban J connectivity index is 1.76. The van der Waals surface area contributed by atoms with Gasteiger partial charge in [-0.25, -0.2) is 0 Å². The minimum absolute atomic E-state index is 0.113. The highest BCUT2D eigenvalue weighted by atomic mass is 16.5. The molecule has 1 amide bonds. The van der Waals surface area contributed by atoms with Gasteiger partial charge in [0.05, 0.1) is 12.1 Å². The van der Waals surface area contributed by atoms with Crippen molar-refractivity contribution >= 4 is 5.91 Å². The molecular weight excluding hydrogens is 420 g/mol. The van der Waals surface area contributed by atoms with Gasteiger partial charge in [0.2, 0.25) is 5.91 Å². The molecule has 4 heteroatoms. The molecule has 0 radical (unpaired) electrons. The lowest BCUT2D eigenvalue weighted by Crippen LogP contribution is -2.56. The number of ether oxygens (including phenoxy) is 1. The van der Waals surface area contributed by atoms with E-state index in [1.165, 1.54) is 0 Å². The Kier molecular flexibility index (Phi) is 7.87. The smallest absolute Gasteiger partial charge is 0.239 e. The predicted octanol–water partition coefficient (Wildman–Crippen LogP) is 4.90. The summed E-state index contributed by atoms with van der Waals surface area (Å²) in [6.45, 7) is 0.686. The molecule has 0 bridgehead atoms. The zero-order valence-corrected chi connectivity index (χ0v) is 19.4. The highest BCUT2D eigenvalue weighted by Crippen LogP contribution is 2.37. The van der Waals surface area contributed by atoms with Crippen LogP contribution in [0.2, 0.25) is 0 Å². The third kappa shape index (κ3) is 5.25. The number of carbonyl (C=O) groups excluding carboxylic acids is 1. The van der Waals surface area contributed by atoms with E-state index in [9.17, 15) is 4.79 Å². The van der Waals surface area contributed by atoms with Crippen molar-refractivity contribution in [3.05, 3.63) is 144 Å². The molecule has 0 spiro atoms. The van der Waals surface area contributed by atoms with Crippen LogP contribution < -0.4 is 10.6 Å². The zero-order chi connectivity index (χ0) is 23.6. The van der Waals surface area contributed by atoms with E-state index in [1.54, 1.807) is 7.11 Å². The van der Waals surface area contributed by atoms with E-state index in [4.69, 9.17) is 4.74 Å². The van der Waals surface area contributed by atoms with Gasteiger partial charge >= 0.3 is 0 Å². The van der Waals surface area contributed by atoms with Crippen molar-refractivity contribution in [2.75, 3.05) is 13.7 Å². The first-order valence-electron chi connectivity index (χ1n) is 11.5. The van der Waals surface area contributed by atoms with Gasteiger partial charge in [0, 0.05) is 13.7 Å². The van der Waals surface area contributed by atoms with Crippen LogP contribution in [0.3, 0.4) is 0 Å². The monoisotopic (exact) mass is 450 g/mol. The fourth-order valence-corrected chi connectivity index (χ4v) is 4.33. The van der Waals surface area contributed by atoms with Crippen LogP contribution in [0.25, 0.3) is 0 Å². The Labute approximate surface area is 201 Å². The van der Waals surface area contributed by atoms with E-state index >= 15 is 0 Å². The van der Waals surface area contributed by atoms with E-state index in [0.717, 1.165) is 22.3 Å². The molecular formula is C30H30N2O2. The van der Waals surface area contributed by atoms with Crippen LogP contribution >= 0.6 is 0 Å². The van der Waals surface area contributed by atoms with Crippen LogP contribution in [-0.2, 0) is 21.6 Å². The number of carbonyl (C=O) groups is 1. The van der Waals surface area contributed by atoms with Gasteiger partial charge in [-0.05, 0) is 22.3 Å². The summed E-state index contributed by atoms with van der Waals surface area (Å²) >= 11 is 0. The Morgan fingerprint density at radius 1 is 0.706 bits per heavy atom. The molecule has 34 heavy (non-hydrogen) atoms. The van der Waals surface area contributed by atoms with Crippen molar-refractivity contribution in [1.29, 1.82) is 0 Å². The number of hydrogen-bond acceptors (Lipinski definition) is 3. The first-order chi connectivity index (χ1) is 16.7. The van der Waals surface area contributed by atoms with E-state index in [0.29, 0.717) is 6.54 Å². The van der Waals surface area contributed by atoms with Crippen LogP contribution in [0.4, 0.5) is 0 Å². The summed E-state index contributed by atoms with van der Waals surface area (Å²) in [6.07, 6.45) is 0. The van der Waals surface area contributed by atoms with Gasteiger partial charge < -0.3 is 10.1 Å². The third-order valence-corrected chi connectivity index (χ3v) is 5.97. The second-order valence-electron chi connectivity index (χ2n) is 8.20. The van der Waals surface area contributed by atoms with Crippen molar-refractivity contribution in [2.24, 2.45) is 0 Å². The topological polar surface area (TPSA) is 50.4 Å². The average Bonchev–Trinajstić information content (AvgIpc) is 2.92. The lowest BCUT2D eigenvalue weighted by Gasteiger charge is -2.39. The summed E-state index contributed by atoms with van der Waals surface area (Å²) < 4.78 is 5.51. The largest absolute Gasteiger partial charge is 0.383 e. The Morgan fingerprint density at radius 2 is 1.12 bits per heavy atom. The molecule has 2 N–H and O–H groups in total. The SMILES string of the molecule is COC[C@H](NC(c1ccccc1)(c1ccccc1)c1ccccc1)C(=O)NCc1ccccc1. The summed E-state index contributed by atoms with van der Waals surface area (Å²) in [5.41, 5.74) is 3.43. The molecule has 0 aromatic heterocycles. The Hall–Kier alpha value is -3.73. The molecule has 0 saturated carbocycles. The molecule has 4 aromatic carbocycles. The van der Waals surface area contributed by atoms with E-state index in [2.05, 4.69) is 47.0 Å². The molecule has 0 fully saturated rings. The summed E-state index contributed by atoms with van der Waals surface area (Å²) in [5.74, 6) is -0.113. The van der Waals surface area contributed by atoms with Crippen LogP contribution in [0.15, 0.2) is 121 Å². The maximum Gasteiger partial charge on any atom is 0.239 e. The number of methoxy groups -OCH3 is 1. The Bertz CT molecular complexity index is 1050. The average molecular weight is 451 g/mol. The number of amides is 1. The third-order valence-electron chi connectivity index (χ3n) is 5.97. The highest BCUT2D eigenvalue weighted by Gasteiger charge is 2.39. The van der Waals surface area contributed by atoms with Crippen molar-refractivity contribution in [3.8, 4) is 0 Å². The summed E-state index contributed by atoms with van der Waals surface area (Å²) in [7, 11) is 1.62. The van der Waals surface area contributed by atoms with Crippen LogP contribution in [0.5, 0.6) is 0 Å². The normalized spacial score (nSPS) is 12.1. The number of benzene rings is 4. The van der Waals surface area contributed by atoms with Crippen molar-refractivity contribution in [3.63, 3.8) is 0 Å². The van der Waals surface area contributed by atoms with Gasteiger partial charge in [-0.2, -0.15) is 0 Å². The van der Waals surface area contributed by atoms with Gasteiger partial charge in [0.15, 0.2) is 0 Å². The predicted molar refractivity (Wildman–Crippen MR) is 136 cm³/mol. The number of rotatable bonds is 10. The summed E-state index contributed by atoms with van der Waals surface area (Å²) in [5, 5.41) is 6.80. The fraction of sp³-hybridized carbons (Fsp3) is 0.167. The first-order valence-corrected chi connectivity index (χ1v) is 11.5. The lowest BCUT2D eigenvalue weighted by molar-refractivity contribution is -0.125. The zero-order valence-electron chi connectivity index (χ0n) is 19.4. The van der Waals surface area contributed by atoms with E-state index in [-0.39, 0.29) is 12.5 Å². The first kappa shape index (κ1) is 23.4. The minimum atomic E-state index is -0.753. The molecule has 172 valence electrons. The van der Waals surface area contributed by atoms with Crippen LogP contribution in [0, 0.1) is 0 Å². The van der Waals surface area contributed by atoms with Crippen LogP contribution in [-0.4, -0.2) is 25.7 Å². The van der Waals surface area contributed by atoms with Gasteiger partial charge in [-0.3, -0.25) is 10.1 Å². The standard InChI is InChI=1S/C30H30N2O2/c1-34-23-28(29(33)31-22-24-14-6-2-7-15-24)32-30(25-16-8-3-9-17-25,26-18-10-4-11-19-26)27-20-12-5-13-21-27/h2-21,28,32H,22-23H2,1H3,(H,31,33)/t28-/m0/s1. The fourth-order valence-electron chi connectivity index (χ4n) is 4.33. The lowest BCUT2D eigenvalue weighted by atomic mass is 9.76. The summed E-state index contributed by atoms with van der Waals surface area (Å²) in [4.78, 5) is 13.4. The molecule has 4 rings (SSSR count). The molecule has 4 nitrogen and oxygen atoms in total. The van der Waals surface area contributed by atoms with Crippen LogP contribution in [0.1, 0.15) is 22.3 Å². The maximum absolute atomic E-state index is 13.4. The van der Waals surface area contributed by atoms with Gasteiger partial charge in [0.25, 0.3) is 0 Å². The molecule has 0 aliphatic rings. The van der Waals surface area contributed by atoms with Gasteiger partial charge in [-0.1, -0.05) is 121 Å². The van der Waals surface area contributed by atoms with Crippen molar-refractivity contribution in [2.45, 2.75) is 18.1 Å². The van der Waals surface area contributed by atoms with E-state index in [1.807, 2.05) is 84.9 Å².